The highest BCUT2D eigenvalue weighted by Gasteiger charge is 2.19. The lowest BCUT2D eigenvalue weighted by atomic mass is 10.2. The first-order valence-corrected chi connectivity index (χ1v) is 6.04. The molecule has 5 heteroatoms. The molecule has 16 heavy (non-hydrogen) atoms. The summed E-state index contributed by atoms with van der Waals surface area (Å²) in [6.45, 7) is 6.16. The van der Waals surface area contributed by atoms with E-state index < -0.39 is 5.60 Å². The number of carbonyl (C=O) groups excluding carboxylic acids is 1. The number of hydrogen-bond donors (Lipinski definition) is 1. The minimum atomic E-state index is -0.463. The highest BCUT2D eigenvalue weighted by molar-refractivity contribution is 7.07. The Morgan fingerprint density at radius 3 is 2.75 bits per heavy atom. The normalized spacial score (nSPS) is 11.2. The first kappa shape index (κ1) is 13.0. The van der Waals surface area contributed by atoms with Crippen LogP contribution in [0.5, 0.6) is 0 Å². The van der Waals surface area contributed by atoms with Gasteiger partial charge >= 0.3 is 6.09 Å². The Morgan fingerprint density at radius 1 is 1.56 bits per heavy atom. The smallest absolute Gasteiger partial charge is 0.424 e. The van der Waals surface area contributed by atoms with E-state index in [1.807, 2.05) is 37.6 Å². The second-order valence-corrected chi connectivity index (χ2v) is 5.29. The third-order valence-electron chi connectivity index (χ3n) is 1.77. The van der Waals surface area contributed by atoms with Crippen molar-refractivity contribution in [3.05, 3.63) is 22.4 Å². The van der Waals surface area contributed by atoms with Gasteiger partial charge in [0.05, 0.1) is 0 Å². The molecule has 0 saturated carbocycles. The molecular formula is C11H18N2O2S. The molecule has 1 aromatic heterocycles. The van der Waals surface area contributed by atoms with E-state index >= 15 is 0 Å². The fraction of sp³-hybridized carbons (Fsp3) is 0.545. The third kappa shape index (κ3) is 4.63. The van der Waals surface area contributed by atoms with Crippen molar-refractivity contribution in [1.82, 2.24) is 10.4 Å². The molecule has 0 fully saturated rings. The van der Waals surface area contributed by atoms with Gasteiger partial charge in [-0.1, -0.05) is 0 Å². The molecular weight excluding hydrogens is 224 g/mol. The number of hydrazine groups is 1. The maximum atomic E-state index is 11.6. The highest BCUT2D eigenvalue weighted by Crippen LogP contribution is 2.09. The molecule has 90 valence electrons. The van der Waals surface area contributed by atoms with Gasteiger partial charge in [0.15, 0.2) is 0 Å². The largest absolute Gasteiger partial charge is 0.443 e. The van der Waals surface area contributed by atoms with Crippen molar-refractivity contribution in [2.45, 2.75) is 32.9 Å². The summed E-state index contributed by atoms with van der Waals surface area (Å²) in [6, 6.07) is 2.01. The van der Waals surface area contributed by atoms with E-state index in [2.05, 4.69) is 5.43 Å². The van der Waals surface area contributed by atoms with Crippen LogP contribution in [0, 0.1) is 0 Å². The summed E-state index contributed by atoms with van der Waals surface area (Å²) < 4.78 is 5.20. The zero-order valence-corrected chi connectivity index (χ0v) is 10.9. The summed E-state index contributed by atoms with van der Waals surface area (Å²) in [7, 11) is 1.65. The van der Waals surface area contributed by atoms with E-state index in [0.29, 0.717) is 6.54 Å². The number of hydrogen-bond acceptors (Lipinski definition) is 4. The van der Waals surface area contributed by atoms with Gasteiger partial charge in [-0.2, -0.15) is 11.3 Å². The molecule has 0 bridgehead atoms. The summed E-state index contributed by atoms with van der Waals surface area (Å²) in [4.78, 5) is 11.6. The lowest BCUT2D eigenvalue weighted by molar-refractivity contribution is 0.0197. The molecule has 1 amide bonds. The standard InChI is InChI=1S/C11H18N2O2S/c1-11(2,3)15-10(14)13(4)12-7-9-5-6-16-8-9/h5-6,8,12H,7H2,1-4H3. The molecule has 1 aromatic rings. The molecule has 4 nitrogen and oxygen atoms in total. The fourth-order valence-electron chi connectivity index (χ4n) is 0.998. The minimum absolute atomic E-state index is 0.372. The van der Waals surface area contributed by atoms with Gasteiger partial charge in [-0.05, 0) is 43.2 Å². The molecule has 0 aromatic carbocycles. The molecule has 0 aliphatic carbocycles. The first-order valence-electron chi connectivity index (χ1n) is 5.10. The highest BCUT2D eigenvalue weighted by atomic mass is 32.1. The van der Waals surface area contributed by atoms with Gasteiger partial charge in [-0.15, -0.1) is 0 Å². The van der Waals surface area contributed by atoms with Crippen LogP contribution in [-0.2, 0) is 11.3 Å². The van der Waals surface area contributed by atoms with Crippen molar-refractivity contribution >= 4 is 17.4 Å². The summed E-state index contributed by atoms with van der Waals surface area (Å²) in [5.74, 6) is 0. The van der Waals surface area contributed by atoms with Crippen LogP contribution >= 0.6 is 11.3 Å². The SMILES string of the molecule is CN(NCc1ccsc1)C(=O)OC(C)(C)C. The van der Waals surface area contributed by atoms with E-state index in [4.69, 9.17) is 4.74 Å². The maximum absolute atomic E-state index is 11.6. The fourth-order valence-corrected chi connectivity index (χ4v) is 1.67. The van der Waals surface area contributed by atoms with Gasteiger partial charge in [-0.25, -0.2) is 15.2 Å². The van der Waals surface area contributed by atoms with Crippen LogP contribution in [0.3, 0.4) is 0 Å². The molecule has 0 radical (unpaired) electrons. The molecule has 0 aliphatic rings. The van der Waals surface area contributed by atoms with Gasteiger partial charge in [0.25, 0.3) is 0 Å². The lowest BCUT2D eigenvalue weighted by Gasteiger charge is -2.24. The average molecular weight is 242 g/mol. The van der Waals surface area contributed by atoms with Crippen LogP contribution < -0.4 is 5.43 Å². The molecule has 1 rings (SSSR count). The number of amides is 1. The van der Waals surface area contributed by atoms with Gasteiger partial charge in [0, 0.05) is 13.6 Å². The Hall–Kier alpha value is -1.07. The summed E-state index contributed by atoms with van der Waals surface area (Å²) in [5, 5.41) is 5.41. The topological polar surface area (TPSA) is 41.6 Å². The predicted octanol–water partition coefficient (Wildman–Crippen LogP) is 2.62. The second kappa shape index (κ2) is 5.32. The Kier molecular flexibility index (Phi) is 4.32. The van der Waals surface area contributed by atoms with Crippen LogP contribution in [0.15, 0.2) is 16.8 Å². The molecule has 1 N–H and O–H groups in total. The first-order chi connectivity index (χ1) is 7.38. The summed E-state index contributed by atoms with van der Waals surface area (Å²) in [6.07, 6.45) is -0.372. The average Bonchev–Trinajstić information content (AvgIpc) is 2.63. The Labute approximate surface area is 100 Å². The summed E-state index contributed by atoms with van der Waals surface area (Å²) >= 11 is 1.63. The van der Waals surface area contributed by atoms with Gasteiger partial charge in [0.2, 0.25) is 0 Å². The Morgan fingerprint density at radius 2 is 2.25 bits per heavy atom. The number of nitrogens with one attached hydrogen (secondary N) is 1. The molecule has 0 saturated heterocycles. The molecule has 1 heterocycles. The van der Waals surface area contributed by atoms with Gasteiger partial charge in [0.1, 0.15) is 5.60 Å². The van der Waals surface area contributed by atoms with Crippen LogP contribution in [0.2, 0.25) is 0 Å². The van der Waals surface area contributed by atoms with E-state index in [0.717, 1.165) is 5.56 Å². The second-order valence-electron chi connectivity index (χ2n) is 4.51. The number of thiophene rings is 1. The van der Waals surface area contributed by atoms with E-state index in [9.17, 15) is 4.79 Å². The maximum Gasteiger partial charge on any atom is 0.424 e. The number of nitrogens with zero attached hydrogens (tertiary/aromatic N) is 1. The van der Waals surface area contributed by atoms with Gasteiger partial charge < -0.3 is 4.74 Å². The van der Waals surface area contributed by atoms with Crippen LogP contribution in [-0.4, -0.2) is 23.8 Å². The quantitative estimate of drug-likeness (QED) is 0.828. The molecule has 0 aliphatic heterocycles. The molecule has 0 unspecified atom stereocenters. The zero-order valence-electron chi connectivity index (χ0n) is 10.1. The van der Waals surface area contributed by atoms with Crippen molar-refractivity contribution in [3.63, 3.8) is 0 Å². The summed E-state index contributed by atoms with van der Waals surface area (Å²) in [5.41, 5.74) is 3.66. The van der Waals surface area contributed by atoms with E-state index in [1.165, 1.54) is 5.01 Å². The third-order valence-corrected chi connectivity index (χ3v) is 2.50. The van der Waals surface area contributed by atoms with E-state index in [-0.39, 0.29) is 6.09 Å². The monoisotopic (exact) mass is 242 g/mol. The number of rotatable bonds is 3. The van der Waals surface area contributed by atoms with Crippen LogP contribution in [0.25, 0.3) is 0 Å². The Bertz CT molecular complexity index is 330. The van der Waals surface area contributed by atoms with Crippen molar-refractivity contribution < 1.29 is 9.53 Å². The number of ether oxygens (including phenoxy) is 1. The van der Waals surface area contributed by atoms with Crippen molar-refractivity contribution in [2.75, 3.05) is 7.05 Å². The molecule has 0 atom stereocenters. The van der Waals surface area contributed by atoms with E-state index in [1.54, 1.807) is 18.4 Å². The lowest BCUT2D eigenvalue weighted by Crippen LogP contribution is -2.42. The van der Waals surface area contributed by atoms with Gasteiger partial charge in [-0.3, -0.25) is 0 Å². The van der Waals surface area contributed by atoms with Crippen molar-refractivity contribution in [1.29, 1.82) is 0 Å². The predicted molar refractivity (Wildman–Crippen MR) is 65.2 cm³/mol. The molecule has 0 spiro atoms. The van der Waals surface area contributed by atoms with Crippen molar-refractivity contribution in [3.8, 4) is 0 Å². The zero-order chi connectivity index (χ0) is 12.2. The van der Waals surface area contributed by atoms with Crippen LogP contribution in [0.4, 0.5) is 4.79 Å². The van der Waals surface area contributed by atoms with Crippen molar-refractivity contribution in [2.24, 2.45) is 0 Å². The minimum Gasteiger partial charge on any atom is -0.443 e. The van der Waals surface area contributed by atoms with Crippen LogP contribution in [0.1, 0.15) is 26.3 Å². The number of carbonyl (C=O) groups is 1. The Balaban J connectivity index is 2.35.